The number of likely N-dealkylation sites (N-methyl/N-ethyl adjacent to an activating group) is 1. The van der Waals surface area contributed by atoms with Gasteiger partial charge in [-0.25, -0.2) is 9.37 Å². The molecule has 2 N–H and O–H groups in total. The van der Waals surface area contributed by atoms with Crippen molar-refractivity contribution in [3.63, 3.8) is 0 Å². The molecule has 0 amide bonds. The smallest absolute Gasteiger partial charge is 0.170 e. The van der Waals surface area contributed by atoms with E-state index in [0.717, 1.165) is 94.3 Å². The molecule has 5 rings (SSSR count). The van der Waals surface area contributed by atoms with Crippen LogP contribution in [0.4, 0.5) is 21.6 Å². The summed E-state index contributed by atoms with van der Waals surface area (Å²) < 4.78 is 14.1. The molecule has 2 fully saturated rings. The lowest BCUT2D eigenvalue weighted by Gasteiger charge is -2.36. The molecule has 38 heavy (non-hydrogen) atoms. The van der Waals surface area contributed by atoms with Crippen LogP contribution in [0, 0.1) is 12.7 Å². The number of aryl methyl sites for hydroxylation is 1. The number of aromatic nitrogens is 1. The van der Waals surface area contributed by atoms with Gasteiger partial charge in [-0.3, -0.25) is 4.90 Å². The zero-order valence-electron chi connectivity index (χ0n) is 22.4. The van der Waals surface area contributed by atoms with Gasteiger partial charge in [0.05, 0.1) is 11.2 Å². The number of hydrogen-bond acceptors (Lipinski definition) is 6. The van der Waals surface area contributed by atoms with E-state index in [4.69, 9.17) is 17.2 Å². The molecular weight excluding hydrogens is 497 g/mol. The second-order valence-electron chi connectivity index (χ2n) is 10.3. The number of benzene rings is 2. The highest BCUT2D eigenvalue weighted by atomic mass is 32.1. The van der Waals surface area contributed by atoms with Crippen LogP contribution in [0.15, 0.2) is 48.5 Å². The third-order valence-electron chi connectivity index (χ3n) is 7.59. The monoisotopic (exact) mass is 535 g/mol. The van der Waals surface area contributed by atoms with E-state index in [1.165, 1.54) is 11.6 Å². The van der Waals surface area contributed by atoms with Gasteiger partial charge in [0.15, 0.2) is 5.11 Å². The maximum Gasteiger partial charge on any atom is 0.170 e. The Balaban J connectivity index is 1.06. The first kappa shape index (κ1) is 26.6. The summed E-state index contributed by atoms with van der Waals surface area (Å²) in [4.78, 5) is 14.2. The first-order valence-corrected chi connectivity index (χ1v) is 14.0. The topological polar surface area (TPSA) is 49.9 Å². The molecule has 0 atom stereocenters. The molecule has 7 nitrogen and oxygen atoms in total. The van der Waals surface area contributed by atoms with Crippen molar-refractivity contribution in [1.82, 2.24) is 20.1 Å². The van der Waals surface area contributed by atoms with E-state index in [1.54, 1.807) is 6.07 Å². The largest absolute Gasteiger partial charge is 0.367 e. The molecule has 3 aromatic rings. The predicted octanol–water partition coefficient (Wildman–Crippen LogP) is 3.93. The van der Waals surface area contributed by atoms with E-state index in [0.29, 0.717) is 10.8 Å². The van der Waals surface area contributed by atoms with Crippen LogP contribution in [0.25, 0.3) is 10.9 Å². The van der Waals surface area contributed by atoms with Crippen molar-refractivity contribution in [1.29, 1.82) is 0 Å². The molecule has 2 aromatic carbocycles. The van der Waals surface area contributed by atoms with E-state index >= 15 is 0 Å². The van der Waals surface area contributed by atoms with Gasteiger partial charge in [0.1, 0.15) is 11.6 Å². The number of thiocarbonyl (C=S) groups is 1. The third-order valence-corrected chi connectivity index (χ3v) is 7.84. The summed E-state index contributed by atoms with van der Waals surface area (Å²) in [5.41, 5.74) is 3.91. The highest BCUT2D eigenvalue weighted by Gasteiger charge is 2.19. The van der Waals surface area contributed by atoms with E-state index in [1.807, 2.05) is 18.2 Å². The van der Waals surface area contributed by atoms with Crippen molar-refractivity contribution in [3.8, 4) is 0 Å². The molecule has 2 aliphatic rings. The number of hydrogen-bond donors (Lipinski definition) is 2. The van der Waals surface area contributed by atoms with Gasteiger partial charge in [0.2, 0.25) is 0 Å². The maximum atomic E-state index is 14.1. The van der Waals surface area contributed by atoms with Crippen LogP contribution in [0.5, 0.6) is 0 Å². The fourth-order valence-corrected chi connectivity index (χ4v) is 5.47. The zero-order chi connectivity index (χ0) is 26.5. The van der Waals surface area contributed by atoms with Crippen LogP contribution < -0.4 is 20.4 Å². The van der Waals surface area contributed by atoms with E-state index in [2.05, 4.69) is 62.4 Å². The zero-order valence-corrected chi connectivity index (χ0v) is 23.2. The molecule has 2 saturated heterocycles. The second-order valence-corrected chi connectivity index (χ2v) is 10.7. The van der Waals surface area contributed by atoms with Crippen LogP contribution >= 0.6 is 12.2 Å². The third kappa shape index (κ3) is 6.51. The van der Waals surface area contributed by atoms with Gasteiger partial charge >= 0.3 is 0 Å². The van der Waals surface area contributed by atoms with Crippen LogP contribution in [-0.4, -0.2) is 92.4 Å². The number of nitrogens with zero attached hydrogens (tertiary/aromatic N) is 5. The number of nitrogens with one attached hydrogen (secondary N) is 2. The maximum absolute atomic E-state index is 14.1. The normalized spacial score (nSPS) is 17.1. The number of anilines is 3. The van der Waals surface area contributed by atoms with Crippen LogP contribution in [-0.2, 0) is 0 Å². The van der Waals surface area contributed by atoms with Gasteiger partial charge in [-0.15, -0.1) is 0 Å². The first-order chi connectivity index (χ1) is 18.5. The van der Waals surface area contributed by atoms with Gasteiger partial charge < -0.3 is 25.3 Å². The van der Waals surface area contributed by atoms with Crippen molar-refractivity contribution < 1.29 is 4.39 Å². The van der Waals surface area contributed by atoms with Gasteiger partial charge in [-0.05, 0) is 81.1 Å². The van der Waals surface area contributed by atoms with Crippen LogP contribution in [0.2, 0.25) is 0 Å². The minimum atomic E-state index is -0.139. The molecule has 0 radical (unpaired) electrons. The Bertz CT molecular complexity index is 1250. The lowest BCUT2D eigenvalue weighted by molar-refractivity contribution is 0.255. The molecule has 1 aromatic heterocycles. The number of rotatable bonds is 7. The lowest BCUT2D eigenvalue weighted by atomic mass is 10.1. The summed E-state index contributed by atoms with van der Waals surface area (Å²) in [6.45, 7) is 11.7. The number of fused-ring (bicyclic) bond motifs is 1. The summed E-state index contributed by atoms with van der Waals surface area (Å²) in [5.74, 6) is 0.925. The number of para-hydroxylation sites is 1. The minimum Gasteiger partial charge on any atom is -0.367 e. The van der Waals surface area contributed by atoms with E-state index in [9.17, 15) is 4.39 Å². The Labute approximate surface area is 230 Å². The van der Waals surface area contributed by atoms with Crippen LogP contribution in [0.3, 0.4) is 0 Å². The first-order valence-electron chi connectivity index (χ1n) is 13.6. The minimum absolute atomic E-state index is 0.139. The van der Waals surface area contributed by atoms with Gasteiger partial charge in [-0.1, -0.05) is 12.1 Å². The fourth-order valence-electron chi connectivity index (χ4n) is 5.25. The molecular formula is C29H38FN7S. The highest BCUT2D eigenvalue weighted by molar-refractivity contribution is 7.80. The molecule has 202 valence electrons. The van der Waals surface area contributed by atoms with E-state index < -0.39 is 0 Å². The van der Waals surface area contributed by atoms with Crippen molar-refractivity contribution in [3.05, 3.63) is 59.9 Å². The average Bonchev–Trinajstić information content (AvgIpc) is 2.92. The molecule has 2 aliphatic heterocycles. The Morgan fingerprint density at radius 3 is 2.45 bits per heavy atom. The molecule has 0 unspecified atom stereocenters. The number of piperazine rings is 2. The molecule has 0 spiro atoms. The van der Waals surface area contributed by atoms with Gasteiger partial charge in [-0.2, -0.15) is 0 Å². The number of halogens is 1. The Hall–Kier alpha value is -3.01. The average molecular weight is 536 g/mol. The number of pyridine rings is 1. The van der Waals surface area contributed by atoms with Gasteiger partial charge in [0, 0.05) is 70.0 Å². The Morgan fingerprint density at radius 2 is 1.68 bits per heavy atom. The SMILES string of the molecule is Cc1cc(N2CCN(C)CC2)nc2ccc(NC(=S)NCCCN3CCN(c4ccccc4F)CC3)cc12. The molecule has 0 saturated carbocycles. The molecule has 0 aliphatic carbocycles. The van der Waals surface area contributed by atoms with Gasteiger partial charge in [0.25, 0.3) is 0 Å². The quantitative estimate of drug-likeness (QED) is 0.349. The lowest BCUT2D eigenvalue weighted by Crippen LogP contribution is -2.47. The summed E-state index contributed by atoms with van der Waals surface area (Å²) in [5, 5.41) is 8.45. The standard InChI is InChI=1S/C29H38FN7S/c1-22-20-28(37-16-12-34(2)13-17-37)33-26-9-8-23(21-24(22)26)32-29(38)31-10-5-11-35-14-18-36(19-15-35)27-7-4-3-6-25(27)30/h3-4,6-9,20-21H,5,10-19H2,1-2H3,(H2,31,32,38). The molecule has 0 bridgehead atoms. The highest BCUT2D eigenvalue weighted by Crippen LogP contribution is 2.26. The summed E-state index contributed by atoms with van der Waals surface area (Å²) in [7, 11) is 2.17. The van der Waals surface area contributed by atoms with Crippen molar-refractivity contribution >= 4 is 45.4 Å². The molecule has 3 heterocycles. The van der Waals surface area contributed by atoms with E-state index in [-0.39, 0.29) is 5.82 Å². The van der Waals surface area contributed by atoms with Crippen molar-refractivity contribution in [2.75, 3.05) is 87.6 Å². The van der Waals surface area contributed by atoms with Crippen molar-refractivity contribution in [2.45, 2.75) is 13.3 Å². The second kappa shape index (κ2) is 12.2. The Kier molecular flexibility index (Phi) is 8.56. The van der Waals surface area contributed by atoms with Crippen molar-refractivity contribution in [2.24, 2.45) is 0 Å². The molecule has 9 heteroatoms. The Morgan fingerprint density at radius 1 is 0.947 bits per heavy atom. The summed E-state index contributed by atoms with van der Waals surface area (Å²) in [6, 6.07) is 15.5. The summed E-state index contributed by atoms with van der Waals surface area (Å²) >= 11 is 5.55. The summed E-state index contributed by atoms with van der Waals surface area (Å²) in [6.07, 6.45) is 0.997. The van der Waals surface area contributed by atoms with Crippen LogP contribution in [0.1, 0.15) is 12.0 Å². The predicted molar refractivity (Wildman–Crippen MR) is 160 cm³/mol. The fraction of sp³-hybridized carbons (Fsp3) is 0.448.